The Balaban J connectivity index is 1.86. The zero-order chi connectivity index (χ0) is 19.5. The van der Waals surface area contributed by atoms with E-state index >= 15 is 0 Å². The van der Waals surface area contributed by atoms with Gasteiger partial charge in [-0.3, -0.25) is 14.7 Å². The quantitative estimate of drug-likeness (QED) is 0.363. The van der Waals surface area contributed by atoms with Crippen molar-refractivity contribution < 1.29 is 4.92 Å². The Kier molecular flexibility index (Phi) is 4.86. The molecule has 0 aliphatic carbocycles. The molecule has 0 saturated heterocycles. The van der Waals surface area contributed by atoms with Gasteiger partial charge in [0, 0.05) is 23.5 Å². The van der Waals surface area contributed by atoms with Gasteiger partial charge in [0.15, 0.2) is 10.9 Å². The Morgan fingerprint density at radius 2 is 1.71 bits per heavy atom. The first-order valence-corrected chi connectivity index (χ1v) is 9.30. The number of hydrogen-bond donors (Lipinski definition) is 0. The van der Waals surface area contributed by atoms with E-state index in [0.29, 0.717) is 11.0 Å². The molecule has 2 heterocycles. The van der Waals surface area contributed by atoms with E-state index in [1.165, 1.54) is 12.3 Å². The molecule has 0 aliphatic heterocycles. The maximum absolute atomic E-state index is 11.3. The number of pyridine rings is 1. The molecule has 2 aromatic heterocycles. The van der Waals surface area contributed by atoms with Gasteiger partial charge in [0.05, 0.1) is 4.92 Å². The average Bonchev–Trinajstić information content (AvgIpc) is 3.13. The summed E-state index contributed by atoms with van der Waals surface area (Å²) in [5, 5.41) is 20.8. The zero-order valence-electron chi connectivity index (χ0n) is 14.9. The summed E-state index contributed by atoms with van der Waals surface area (Å²) in [5.74, 6) is 0.658. The average molecular weight is 389 g/mol. The molecule has 0 unspecified atom stereocenters. The molecule has 0 fully saturated rings. The van der Waals surface area contributed by atoms with Crippen LogP contribution in [0.4, 0.5) is 5.69 Å². The van der Waals surface area contributed by atoms with Gasteiger partial charge in [-0.1, -0.05) is 48.0 Å². The summed E-state index contributed by atoms with van der Waals surface area (Å²) in [6, 6.07) is 20.6. The second-order valence-corrected chi connectivity index (χ2v) is 6.99. The van der Waals surface area contributed by atoms with Crippen molar-refractivity contribution in [3.05, 3.63) is 88.6 Å². The van der Waals surface area contributed by atoms with Gasteiger partial charge >= 0.3 is 5.69 Å². The standard InChI is InChI=1S/C20H15N5O2S/c1-14-9-11-16(12-10-14)24-18(15-6-3-2-4-7-15)22-23-20(24)28-19-17(25(26)27)8-5-13-21-19/h2-13H,1H3. The third-order valence-corrected chi connectivity index (χ3v) is 5.05. The van der Waals surface area contributed by atoms with Crippen LogP contribution in [0.5, 0.6) is 0 Å². The lowest BCUT2D eigenvalue weighted by Gasteiger charge is -2.10. The van der Waals surface area contributed by atoms with E-state index in [9.17, 15) is 10.1 Å². The summed E-state index contributed by atoms with van der Waals surface area (Å²) in [4.78, 5) is 15.1. The van der Waals surface area contributed by atoms with E-state index in [1.807, 2.05) is 66.1 Å². The molecule has 138 valence electrons. The highest BCUT2D eigenvalue weighted by Gasteiger charge is 2.21. The van der Waals surface area contributed by atoms with Gasteiger partial charge in [-0.2, -0.15) is 0 Å². The Hall–Kier alpha value is -3.52. The van der Waals surface area contributed by atoms with Crippen LogP contribution in [0.25, 0.3) is 17.1 Å². The van der Waals surface area contributed by atoms with Gasteiger partial charge in [0.25, 0.3) is 0 Å². The second-order valence-electron chi connectivity index (χ2n) is 6.03. The number of hydrogen-bond acceptors (Lipinski definition) is 6. The van der Waals surface area contributed by atoms with Gasteiger partial charge in [-0.05, 0) is 36.9 Å². The van der Waals surface area contributed by atoms with Crippen LogP contribution < -0.4 is 0 Å². The van der Waals surface area contributed by atoms with E-state index in [0.717, 1.165) is 28.6 Å². The summed E-state index contributed by atoms with van der Waals surface area (Å²) in [6.45, 7) is 2.01. The maximum Gasteiger partial charge on any atom is 0.301 e. The molecule has 0 radical (unpaired) electrons. The normalized spacial score (nSPS) is 10.8. The molecule has 0 amide bonds. The van der Waals surface area contributed by atoms with Crippen molar-refractivity contribution in [3.63, 3.8) is 0 Å². The number of nitrogens with zero attached hydrogens (tertiary/aromatic N) is 5. The minimum Gasteiger partial charge on any atom is -0.270 e. The summed E-state index contributed by atoms with van der Waals surface area (Å²) >= 11 is 1.12. The van der Waals surface area contributed by atoms with E-state index in [-0.39, 0.29) is 10.7 Å². The first-order chi connectivity index (χ1) is 13.6. The summed E-state index contributed by atoms with van der Waals surface area (Å²) in [6.07, 6.45) is 1.53. The Labute approximate surface area is 165 Å². The molecule has 0 bridgehead atoms. The second kappa shape index (κ2) is 7.61. The van der Waals surface area contributed by atoms with E-state index in [4.69, 9.17) is 0 Å². The molecule has 0 spiro atoms. The van der Waals surface area contributed by atoms with Crippen molar-refractivity contribution in [2.45, 2.75) is 17.1 Å². The third-order valence-electron chi connectivity index (χ3n) is 4.09. The van der Waals surface area contributed by atoms with Crippen molar-refractivity contribution in [3.8, 4) is 17.1 Å². The van der Waals surface area contributed by atoms with Crippen LogP contribution in [0.1, 0.15) is 5.56 Å². The number of rotatable bonds is 5. The molecule has 0 saturated carbocycles. The van der Waals surface area contributed by atoms with Crippen LogP contribution in [0, 0.1) is 17.0 Å². The van der Waals surface area contributed by atoms with E-state index in [1.54, 1.807) is 6.07 Å². The molecule has 4 rings (SSSR count). The van der Waals surface area contributed by atoms with Crippen LogP contribution in [-0.2, 0) is 0 Å². The number of aryl methyl sites for hydroxylation is 1. The minimum absolute atomic E-state index is 0.0628. The van der Waals surface area contributed by atoms with Crippen LogP contribution in [-0.4, -0.2) is 24.7 Å². The highest BCUT2D eigenvalue weighted by molar-refractivity contribution is 7.99. The number of nitro groups is 1. The van der Waals surface area contributed by atoms with Crippen LogP contribution >= 0.6 is 11.8 Å². The Morgan fingerprint density at radius 1 is 0.964 bits per heavy atom. The Morgan fingerprint density at radius 3 is 2.43 bits per heavy atom. The molecule has 7 nitrogen and oxygen atoms in total. The van der Waals surface area contributed by atoms with Crippen molar-refractivity contribution in [1.29, 1.82) is 0 Å². The topological polar surface area (TPSA) is 86.7 Å². The van der Waals surface area contributed by atoms with Gasteiger partial charge in [-0.25, -0.2) is 4.98 Å². The van der Waals surface area contributed by atoms with Gasteiger partial charge in [0.2, 0.25) is 5.16 Å². The molecule has 0 atom stereocenters. The fourth-order valence-electron chi connectivity index (χ4n) is 2.72. The number of aromatic nitrogens is 4. The van der Waals surface area contributed by atoms with Gasteiger partial charge in [0.1, 0.15) is 0 Å². The lowest BCUT2D eigenvalue weighted by atomic mass is 10.2. The summed E-state index contributed by atoms with van der Waals surface area (Å²) in [5.41, 5.74) is 2.84. The molecule has 8 heteroatoms. The summed E-state index contributed by atoms with van der Waals surface area (Å²) < 4.78 is 1.89. The minimum atomic E-state index is -0.444. The third kappa shape index (κ3) is 3.49. The smallest absolute Gasteiger partial charge is 0.270 e. The zero-order valence-corrected chi connectivity index (χ0v) is 15.7. The Bertz CT molecular complexity index is 1130. The predicted molar refractivity (Wildman–Crippen MR) is 107 cm³/mol. The van der Waals surface area contributed by atoms with Crippen molar-refractivity contribution in [1.82, 2.24) is 19.7 Å². The van der Waals surface area contributed by atoms with Crippen LogP contribution in [0.15, 0.2) is 83.1 Å². The lowest BCUT2D eigenvalue weighted by molar-refractivity contribution is -0.388. The molecule has 4 aromatic rings. The lowest BCUT2D eigenvalue weighted by Crippen LogP contribution is -2.00. The SMILES string of the molecule is Cc1ccc(-n2c(Sc3ncccc3[N+](=O)[O-])nnc2-c2ccccc2)cc1. The molecular formula is C20H15N5O2S. The molecule has 0 N–H and O–H groups in total. The van der Waals surface area contributed by atoms with Gasteiger partial charge < -0.3 is 0 Å². The highest BCUT2D eigenvalue weighted by Crippen LogP contribution is 2.35. The largest absolute Gasteiger partial charge is 0.301 e. The monoisotopic (exact) mass is 389 g/mol. The van der Waals surface area contributed by atoms with Gasteiger partial charge in [-0.15, -0.1) is 10.2 Å². The maximum atomic E-state index is 11.3. The van der Waals surface area contributed by atoms with Crippen molar-refractivity contribution in [2.75, 3.05) is 0 Å². The molecular weight excluding hydrogens is 374 g/mol. The van der Waals surface area contributed by atoms with Crippen LogP contribution in [0.3, 0.4) is 0 Å². The molecule has 28 heavy (non-hydrogen) atoms. The van der Waals surface area contributed by atoms with E-state index in [2.05, 4.69) is 15.2 Å². The fraction of sp³-hybridized carbons (Fsp3) is 0.0500. The summed E-state index contributed by atoms with van der Waals surface area (Å²) in [7, 11) is 0. The number of benzene rings is 2. The highest BCUT2D eigenvalue weighted by atomic mass is 32.2. The molecule has 2 aromatic carbocycles. The fourth-order valence-corrected chi connectivity index (χ4v) is 3.62. The molecule has 0 aliphatic rings. The van der Waals surface area contributed by atoms with Crippen molar-refractivity contribution in [2.24, 2.45) is 0 Å². The first-order valence-electron chi connectivity index (χ1n) is 8.48. The van der Waals surface area contributed by atoms with E-state index < -0.39 is 4.92 Å². The van der Waals surface area contributed by atoms with Crippen LogP contribution in [0.2, 0.25) is 0 Å². The van der Waals surface area contributed by atoms with Crippen molar-refractivity contribution >= 4 is 17.4 Å². The predicted octanol–water partition coefficient (Wildman–Crippen LogP) is 4.70. The first kappa shape index (κ1) is 17.9.